The van der Waals surface area contributed by atoms with Crippen molar-refractivity contribution in [1.29, 1.82) is 0 Å². The van der Waals surface area contributed by atoms with Crippen LogP contribution in [0.4, 0.5) is 10.1 Å². The highest BCUT2D eigenvalue weighted by atomic mass is 32.2. The molecule has 1 N–H and O–H groups in total. The maximum Gasteiger partial charge on any atom is 0.243 e. The summed E-state index contributed by atoms with van der Waals surface area (Å²) in [5, 5.41) is 11.3. The average molecular weight is 478 g/mol. The number of hydrogen-bond acceptors (Lipinski definition) is 6. The van der Waals surface area contributed by atoms with Crippen LogP contribution in [0.5, 0.6) is 0 Å². The molecule has 0 fully saturated rings. The molecule has 1 heterocycles. The highest BCUT2D eigenvalue weighted by Gasteiger charge is 2.21. The van der Waals surface area contributed by atoms with Gasteiger partial charge in [-0.1, -0.05) is 37.7 Å². The van der Waals surface area contributed by atoms with Crippen LogP contribution in [0.2, 0.25) is 0 Å². The minimum atomic E-state index is -3.55. The van der Waals surface area contributed by atoms with Crippen molar-refractivity contribution in [3.05, 3.63) is 54.3 Å². The van der Waals surface area contributed by atoms with Gasteiger partial charge in [-0.25, -0.2) is 12.8 Å². The Morgan fingerprint density at radius 2 is 1.75 bits per heavy atom. The average Bonchev–Trinajstić information content (AvgIpc) is 3.14. The lowest BCUT2D eigenvalue weighted by Crippen LogP contribution is -2.30. The molecule has 32 heavy (non-hydrogen) atoms. The van der Waals surface area contributed by atoms with Gasteiger partial charge in [0.2, 0.25) is 15.9 Å². The fraction of sp³-hybridized carbons (Fsp3) is 0.286. The van der Waals surface area contributed by atoms with Gasteiger partial charge in [-0.2, -0.15) is 4.31 Å². The van der Waals surface area contributed by atoms with Gasteiger partial charge in [0.1, 0.15) is 5.82 Å². The van der Waals surface area contributed by atoms with E-state index in [1.54, 1.807) is 55.8 Å². The minimum Gasteiger partial charge on any atom is -0.325 e. The second-order valence-corrected chi connectivity index (χ2v) is 9.68. The van der Waals surface area contributed by atoms with Crippen LogP contribution in [0.25, 0.3) is 11.4 Å². The Morgan fingerprint density at radius 1 is 1.09 bits per heavy atom. The molecule has 11 heteroatoms. The number of anilines is 1. The van der Waals surface area contributed by atoms with Crippen molar-refractivity contribution in [2.75, 3.05) is 24.2 Å². The predicted octanol–water partition coefficient (Wildman–Crippen LogP) is 3.38. The quantitative estimate of drug-likeness (QED) is 0.475. The molecule has 0 radical (unpaired) electrons. The molecular weight excluding hydrogens is 453 g/mol. The van der Waals surface area contributed by atoms with E-state index >= 15 is 0 Å². The Balaban J connectivity index is 1.62. The number of nitrogens with zero attached hydrogens (tertiary/aromatic N) is 4. The lowest BCUT2D eigenvalue weighted by Gasteiger charge is -2.18. The summed E-state index contributed by atoms with van der Waals surface area (Å²) in [5.74, 6) is -0.257. The van der Waals surface area contributed by atoms with E-state index in [2.05, 4.69) is 15.5 Å². The zero-order chi connectivity index (χ0) is 23.3. The van der Waals surface area contributed by atoms with Crippen molar-refractivity contribution in [1.82, 2.24) is 19.1 Å². The molecule has 0 saturated carbocycles. The topological polar surface area (TPSA) is 97.2 Å². The summed E-state index contributed by atoms with van der Waals surface area (Å²) in [4.78, 5) is 12.5. The first-order valence-electron chi connectivity index (χ1n) is 9.95. The first kappa shape index (κ1) is 23.9. The largest absolute Gasteiger partial charge is 0.325 e. The molecule has 0 aliphatic carbocycles. The Kier molecular flexibility index (Phi) is 7.64. The lowest BCUT2D eigenvalue weighted by atomic mass is 10.2. The van der Waals surface area contributed by atoms with Gasteiger partial charge in [0.05, 0.1) is 16.2 Å². The van der Waals surface area contributed by atoms with Crippen molar-refractivity contribution < 1.29 is 17.6 Å². The number of nitrogens with one attached hydrogen (secondary N) is 1. The summed E-state index contributed by atoms with van der Waals surface area (Å²) in [6.45, 7) is 4.33. The summed E-state index contributed by atoms with van der Waals surface area (Å²) in [6.07, 6.45) is 0. The van der Waals surface area contributed by atoms with Crippen molar-refractivity contribution in [2.24, 2.45) is 7.05 Å². The second-order valence-electron chi connectivity index (χ2n) is 6.80. The zero-order valence-corrected chi connectivity index (χ0v) is 19.6. The van der Waals surface area contributed by atoms with E-state index in [1.807, 2.05) is 0 Å². The molecule has 8 nitrogen and oxygen atoms in total. The molecule has 0 aliphatic heterocycles. The molecule has 0 unspecified atom stereocenters. The SMILES string of the molecule is CCN(CC)S(=O)(=O)c1ccc(NC(=O)CSc2nnc(-c3ccccc3F)n2C)cc1. The van der Waals surface area contributed by atoms with Crippen LogP contribution in [0.3, 0.4) is 0 Å². The third-order valence-corrected chi connectivity index (χ3v) is 7.85. The molecule has 0 saturated heterocycles. The molecule has 1 aromatic heterocycles. The number of thioether (sulfide) groups is 1. The Hall–Kier alpha value is -2.76. The number of benzene rings is 2. The van der Waals surface area contributed by atoms with Crippen molar-refractivity contribution >= 4 is 33.4 Å². The smallest absolute Gasteiger partial charge is 0.243 e. The first-order chi connectivity index (χ1) is 15.3. The third kappa shape index (κ3) is 5.17. The van der Waals surface area contributed by atoms with Crippen molar-refractivity contribution in [3.63, 3.8) is 0 Å². The maximum atomic E-state index is 14.0. The van der Waals surface area contributed by atoms with Gasteiger partial charge in [-0.05, 0) is 36.4 Å². The summed E-state index contributed by atoms with van der Waals surface area (Å²) >= 11 is 1.17. The van der Waals surface area contributed by atoms with Gasteiger partial charge in [-0.15, -0.1) is 10.2 Å². The van der Waals surface area contributed by atoms with Gasteiger partial charge in [0.15, 0.2) is 11.0 Å². The molecule has 0 aliphatic rings. The normalized spacial score (nSPS) is 11.7. The second kappa shape index (κ2) is 10.2. The molecule has 0 atom stereocenters. The van der Waals surface area contributed by atoms with Crippen LogP contribution in [-0.4, -0.2) is 52.2 Å². The highest BCUT2D eigenvalue weighted by molar-refractivity contribution is 7.99. The van der Waals surface area contributed by atoms with Crippen molar-refractivity contribution in [3.8, 4) is 11.4 Å². The molecule has 1 amide bonds. The predicted molar refractivity (Wildman–Crippen MR) is 122 cm³/mol. The van der Waals surface area contributed by atoms with E-state index in [0.29, 0.717) is 35.3 Å². The zero-order valence-electron chi connectivity index (χ0n) is 17.9. The van der Waals surface area contributed by atoms with Gasteiger partial charge < -0.3 is 9.88 Å². The Morgan fingerprint density at radius 3 is 2.38 bits per heavy atom. The van der Waals surface area contributed by atoms with E-state index in [-0.39, 0.29) is 16.6 Å². The number of rotatable bonds is 9. The number of sulfonamides is 1. The highest BCUT2D eigenvalue weighted by Crippen LogP contribution is 2.25. The number of hydrogen-bond donors (Lipinski definition) is 1. The minimum absolute atomic E-state index is 0.0583. The summed E-state index contributed by atoms with van der Waals surface area (Å²) in [7, 11) is -1.84. The summed E-state index contributed by atoms with van der Waals surface area (Å²) < 4.78 is 42.1. The molecular formula is C21H24FN5O3S2. The molecule has 0 bridgehead atoms. The van der Waals surface area contributed by atoms with E-state index in [0.717, 1.165) is 0 Å². The van der Waals surface area contributed by atoms with Gasteiger partial charge in [0, 0.05) is 25.8 Å². The monoisotopic (exact) mass is 477 g/mol. The number of amides is 1. The standard InChI is InChI=1S/C21H24FN5O3S2/c1-4-27(5-2)32(29,30)16-12-10-15(11-13-16)23-19(28)14-31-21-25-24-20(26(21)3)17-8-6-7-9-18(17)22/h6-13H,4-5,14H2,1-3H3,(H,23,28). The Labute approximate surface area is 190 Å². The van der Waals surface area contributed by atoms with Crippen LogP contribution in [-0.2, 0) is 21.9 Å². The fourth-order valence-electron chi connectivity index (χ4n) is 3.07. The number of halogens is 1. The van der Waals surface area contributed by atoms with Crippen LogP contribution in [0.15, 0.2) is 58.6 Å². The fourth-order valence-corrected chi connectivity index (χ4v) is 5.24. The molecule has 0 spiro atoms. The lowest BCUT2D eigenvalue weighted by molar-refractivity contribution is -0.113. The van der Waals surface area contributed by atoms with Crippen LogP contribution in [0, 0.1) is 5.82 Å². The van der Waals surface area contributed by atoms with E-state index in [9.17, 15) is 17.6 Å². The summed E-state index contributed by atoms with van der Waals surface area (Å²) in [5.41, 5.74) is 0.817. The Bertz CT molecular complexity index is 1190. The molecule has 170 valence electrons. The molecule has 3 aromatic rings. The summed E-state index contributed by atoms with van der Waals surface area (Å²) in [6, 6.07) is 12.3. The van der Waals surface area contributed by atoms with Crippen LogP contribution >= 0.6 is 11.8 Å². The van der Waals surface area contributed by atoms with Gasteiger partial charge in [0.25, 0.3) is 0 Å². The number of aromatic nitrogens is 3. The third-order valence-electron chi connectivity index (χ3n) is 4.76. The first-order valence-corrected chi connectivity index (χ1v) is 12.4. The maximum absolute atomic E-state index is 14.0. The molecule has 3 rings (SSSR count). The number of carbonyl (C=O) groups excluding carboxylic acids is 1. The van der Waals surface area contributed by atoms with Gasteiger partial charge in [-0.3, -0.25) is 4.79 Å². The number of carbonyl (C=O) groups is 1. The van der Waals surface area contributed by atoms with Crippen LogP contribution < -0.4 is 5.32 Å². The molecule has 2 aromatic carbocycles. The van der Waals surface area contributed by atoms with E-state index in [1.165, 1.54) is 34.3 Å². The van der Waals surface area contributed by atoms with E-state index in [4.69, 9.17) is 0 Å². The van der Waals surface area contributed by atoms with E-state index < -0.39 is 15.8 Å². The van der Waals surface area contributed by atoms with Gasteiger partial charge >= 0.3 is 0 Å². The van der Waals surface area contributed by atoms with Crippen molar-refractivity contribution in [2.45, 2.75) is 23.9 Å². The van der Waals surface area contributed by atoms with Crippen LogP contribution in [0.1, 0.15) is 13.8 Å².